The predicted octanol–water partition coefficient (Wildman–Crippen LogP) is 6.49. The molecule has 0 aromatic carbocycles. The average Bonchev–Trinajstić information content (AvgIpc) is 2.70. The smallest absolute Gasteiger partial charge is 0.0786 e. The maximum atomic E-state index is 9.98. The van der Waals surface area contributed by atoms with Crippen molar-refractivity contribution >= 4 is 5.97 Å². The number of carboxylic acids is 1. The number of aliphatic carboxylic acids is 1. The third kappa shape index (κ3) is 20.2. The molecule has 170 valence electrons. The molecule has 0 bridgehead atoms. The Morgan fingerprint density at radius 3 is 1.18 bits per heavy atom. The zero-order chi connectivity index (χ0) is 21.5. The molecule has 28 heavy (non-hydrogen) atoms. The number of carbonyl (C=O) groups is 1. The lowest BCUT2D eigenvalue weighted by molar-refractivity contribution is -0.929. The molecule has 3 heteroatoms. The zero-order valence-corrected chi connectivity index (χ0v) is 20.2. The van der Waals surface area contributed by atoms with Crippen LogP contribution in [0.1, 0.15) is 131 Å². The van der Waals surface area contributed by atoms with Crippen LogP contribution in [0.25, 0.3) is 0 Å². The summed E-state index contributed by atoms with van der Waals surface area (Å²) < 4.78 is 1.42. The first-order chi connectivity index (χ1) is 13.5. The monoisotopic (exact) mass is 399 g/mol. The fourth-order valence-electron chi connectivity index (χ4n) is 3.69. The van der Waals surface area contributed by atoms with E-state index < -0.39 is 5.97 Å². The largest absolute Gasteiger partial charge is 0.550 e. The van der Waals surface area contributed by atoms with Crippen molar-refractivity contribution in [3.63, 3.8) is 0 Å². The zero-order valence-electron chi connectivity index (χ0n) is 20.2. The van der Waals surface area contributed by atoms with Gasteiger partial charge in [-0.3, -0.25) is 0 Å². The van der Waals surface area contributed by atoms with Crippen LogP contribution in [-0.4, -0.2) is 36.6 Å². The summed E-state index contributed by atoms with van der Waals surface area (Å²) in [4.78, 5) is 9.98. The average molecular weight is 400 g/mol. The van der Waals surface area contributed by atoms with E-state index in [1.807, 2.05) is 0 Å². The van der Waals surface area contributed by atoms with Gasteiger partial charge in [0.05, 0.1) is 26.2 Å². The molecule has 0 saturated heterocycles. The van der Waals surface area contributed by atoms with Crippen LogP contribution in [0.4, 0.5) is 0 Å². The normalized spacial score (nSPS) is 11.2. The van der Waals surface area contributed by atoms with Gasteiger partial charge in [0.15, 0.2) is 0 Å². The molecule has 0 N–H and O–H groups in total. The topological polar surface area (TPSA) is 40.1 Å². The maximum Gasteiger partial charge on any atom is 0.0786 e. The Morgan fingerprint density at radius 2 is 0.857 bits per heavy atom. The van der Waals surface area contributed by atoms with Crippen molar-refractivity contribution in [1.29, 1.82) is 0 Å². The summed E-state index contributed by atoms with van der Waals surface area (Å²) >= 11 is 0. The van der Waals surface area contributed by atoms with E-state index in [0.717, 1.165) is 12.8 Å². The van der Waals surface area contributed by atoms with Gasteiger partial charge in [-0.15, -0.1) is 0 Å². The predicted molar refractivity (Wildman–Crippen MR) is 122 cm³/mol. The van der Waals surface area contributed by atoms with Crippen molar-refractivity contribution in [3.8, 4) is 0 Å². The van der Waals surface area contributed by atoms with Crippen LogP contribution in [0.5, 0.6) is 0 Å². The SMILES string of the molecule is CCCCCCCCC(=O)[O-].CCCC[N+](CCCC)(CCCC)CCCC. The van der Waals surface area contributed by atoms with Crippen LogP contribution >= 0.6 is 0 Å². The van der Waals surface area contributed by atoms with Gasteiger partial charge in [-0.05, 0) is 38.5 Å². The summed E-state index contributed by atoms with van der Waals surface area (Å²) in [7, 11) is 0. The van der Waals surface area contributed by atoms with E-state index in [9.17, 15) is 9.90 Å². The first kappa shape index (κ1) is 29.6. The third-order valence-electron chi connectivity index (χ3n) is 5.68. The van der Waals surface area contributed by atoms with Crippen LogP contribution in [0, 0.1) is 0 Å². The minimum Gasteiger partial charge on any atom is -0.550 e. The van der Waals surface area contributed by atoms with Crippen LogP contribution in [-0.2, 0) is 4.79 Å². The Kier molecular flexibility index (Phi) is 24.0. The number of unbranched alkanes of at least 4 members (excludes halogenated alkanes) is 9. The summed E-state index contributed by atoms with van der Waals surface area (Å²) in [5, 5.41) is 9.98. The van der Waals surface area contributed by atoms with E-state index in [4.69, 9.17) is 0 Å². The first-order valence-corrected chi connectivity index (χ1v) is 12.6. The third-order valence-corrected chi connectivity index (χ3v) is 5.68. The molecular weight excluding hydrogens is 346 g/mol. The van der Waals surface area contributed by atoms with Crippen LogP contribution < -0.4 is 5.11 Å². The van der Waals surface area contributed by atoms with Crippen LogP contribution in [0.15, 0.2) is 0 Å². The molecule has 0 aliphatic carbocycles. The lowest BCUT2D eigenvalue weighted by Crippen LogP contribution is -2.50. The van der Waals surface area contributed by atoms with Gasteiger partial charge < -0.3 is 14.4 Å². The highest BCUT2D eigenvalue weighted by atomic mass is 16.4. The minimum absolute atomic E-state index is 0.228. The van der Waals surface area contributed by atoms with E-state index in [0.29, 0.717) is 0 Å². The second kappa shape index (κ2) is 22.7. The number of carbonyl (C=O) groups excluding carboxylic acids is 1. The van der Waals surface area contributed by atoms with Gasteiger partial charge in [-0.1, -0.05) is 92.4 Å². The second-order valence-electron chi connectivity index (χ2n) is 8.54. The molecule has 0 amide bonds. The van der Waals surface area contributed by atoms with Crippen molar-refractivity contribution in [1.82, 2.24) is 0 Å². The van der Waals surface area contributed by atoms with Gasteiger partial charge in [0, 0.05) is 5.97 Å². The lowest BCUT2D eigenvalue weighted by atomic mass is 10.1. The quantitative estimate of drug-likeness (QED) is 0.184. The molecule has 0 fully saturated rings. The Labute approximate surface area is 177 Å². The van der Waals surface area contributed by atoms with Gasteiger partial charge in [0.2, 0.25) is 0 Å². The highest BCUT2D eigenvalue weighted by Crippen LogP contribution is 2.16. The number of rotatable bonds is 19. The number of hydrogen-bond acceptors (Lipinski definition) is 2. The van der Waals surface area contributed by atoms with Gasteiger partial charge in [0.25, 0.3) is 0 Å². The Morgan fingerprint density at radius 1 is 0.536 bits per heavy atom. The number of carboxylic acid groups (broad SMARTS) is 1. The Bertz CT molecular complexity index is 280. The molecule has 0 saturated carbocycles. The molecule has 0 radical (unpaired) electrons. The fourth-order valence-corrected chi connectivity index (χ4v) is 3.69. The van der Waals surface area contributed by atoms with Gasteiger partial charge in [-0.25, -0.2) is 0 Å². The molecular formula is C25H53NO2. The Balaban J connectivity index is 0. The summed E-state index contributed by atoms with van der Waals surface area (Å²) in [6.45, 7) is 17.2. The molecule has 0 aliphatic rings. The summed E-state index contributed by atoms with van der Waals surface area (Å²) in [6, 6.07) is 0. The minimum atomic E-state index is -0.916. The van der Waals surface area contributed by atoms with E-state index in [1.165, 1.54) is 108 Å². The Hall–Kier alpha value is -0.570. The molecule has 0 spiro atoms. The molecule has 3 nitrogen and oxygen atoms in total. The van der Waals surface area contributed by atoms with Gasteiger partial charge >= 0.3 is 0 Å². The second-order valence-corrected chi connectivity index (χ2v) is 8.54. The van der Waals surface area contributed by atoms with Crippen molar-refractivity contribution in [3.05, 3.63) is 0 Å². The first-order valence-electron chi connectivity index (χ1n) is 12.6. The summed E-state index contributed by atoms with van der Waals surface area (Å²) in [5.41, 5.74) is 0. The van der Waals surface area contributed by atoms with E-state index in [-0.39, 0.29) is 6.42 Å². The molecule has 0 aromatic heterocycles. The van der Waals surface area contributed by atoms with Crippen molar-refractivity contribution < 1.29 is 14.4 Å². The van der Waals surface area contributed by atoms with Crippen molar-refractivity contribution in [2.75, 3.05) is 26.2 Å². The molecule has 0 aliphatic heterocycles. The summed E-state index contributed by atoms with van der Waals surface area (Å²) in [6.07, 6.45) is 18.0. The van der Waals surface area contributed by atoms with E-state index >= 15 is 0 Å². The fraction of sp³-hybridized carbons (Fsp3) is 0.960. The molecule has 0 atom stereocenters. The number of quaternary nitrogens is 1. The number of nitrogens with zero attached hydrogens (tertiary/aromatic N) is 1. The van der Waals surface area contributed by atoms with Crippen molar-refractivity contribution in [2.45, 2.75) is 131 Å². The number of hydrogen-bond donors (Lipinski definition) is 0. The van der Waals surface area contributed by atoms with Crippen LogP contribution in [0.2, 0.25) is 0 Å². The molecule has 0 unspecified atom stereocenters. The van der Waals surface area contributed by atoms with Gasteiger partial charge in [-0.2, -0.15) is 0 Å². The van der Waals surface area contributed by atoms with Gasteiger partial charge in [0.1, 0.15) is 0 Å². The summed E-state index contributed by atoms with van der Waals surface area (Å²) in [5.74, 6) is -0.916. The highest BCUT2D eigenvalue weighted by molar-refractivity contribution is 5.63. The molecule has 0 aromatic rings. The standard InChI is InChI=1S/C16H36N.C9H18O2/c1-5-9-13-17(14-10-6-2,15-11-7-3)16-12-8-4;1-2-3-4-5-6-7-8-9(10)11/h5-16H2,1-4H3;2-8H2,1H3,(H,10,11)/q+1;/p-1. The van der Waals surface area contributed by atoms with E-state index in [2.05, 4.69) is 34.6 Å². The van der Waals surface area contributed by atoms with Crippen LogP contribution in [0.3, 0.4) is 0 Å². The highest BCUT2D eigenvalue weighted by Gasteiger charge is 2.24. The maximum absolute atomic E-state index is 9.98. The molecule has 0 heterocycles. The molecule has 0 rings (SSSR count). The van der Waals surface area contributed by atoms with E-state index in [1.54, 1.807) is 0 Å². The lowest BCUT2D eigenvalue weighted by Gasteiger charge is -2.39. The van der Waals surface area contributed by atoms with Crippen molar-refractivity contribution in [2.24, 2.45) is 0 Å².